The number of aromatic nitrogens is 2. The maximum Gasteiger partial charge on any atom is 0.151 e. The Balaban J connectivity index is 2.55. The molecule has 0 unspecified atom stereocenters. The number of allylic oxidation sites excluding steroid dienone is 2. The van der Waals surface area contributed by atoms with Gasteiger partial charge in [-0.2, -0.15) is 5.10 Å². The van der Waals surface area contributed by atoms with Gasteiger partial charge < -0.3 is 5.32 Å². The highest BCUT2D eigenvalue weighted by atomic mass is 35.5. The zero-order valence-electron chi connectivity index (χ0n) is 12.3. The molecule has 1 heterocycles. The highest BCUT2D eigenvalue weighted by molar-refractivity contribution is 6.30. The van der Waals surface area contributed by atoms with Crippen molar-refractivity contribution in [2.45, 2.75) is 20.8 Å². The number of hydrogen-bond acceptors (Lipinski definition) is 2. The summed E-state index contributed by atoms with van der Waals surface area (Å²) >= 11 is 5.63. The molecule has 21 heavy (non-hydrogen) atoms. The van der Waals surface area contributed by atoms with E-state index in [0.717, 1.165) is 29.0 Å². The van der Waals surface area contributed by atoms with E-state index < -0.39 is 11.6 Å². The maximum absolute atomic E-state index is 13.9. The molecule has 2 rings (SSSR count). The normalized spacial score (nSPS) is 11.9. The van der Waals surface area contributed by atoms with Crippen molar-refractivity contribution in [1.82, 2.24) is 9.78 Å². The topological polar surface area (TPSA) is 29.9 Å². The van der Waals surface area contributed by atoms with Crippen molar-refractivity contribution in [3.05, 3.63) is 46.1 Å². The molecule has 0 aliphatic carbocycles. The summed E-state index contributed by atoms with van der Waals surface area (Å²) in [4.78, 5) is 0. The van der Waals surface area contributed by atoms with Crippen LogP contribution in [0.5, 0.6) is 0 Å². The van der Waals surface area contributed by atoms with E-state index in [0.29, 0.717) is 5.82 Å². The Labute approximate surface area is 127 Å². The van der Waals surface area contributed by atoms with Gasteiger partial charge in [-0.3, -0.25) is 4.68 Å². The molecule has 112 valence electrons. The molecule has 2 aromatic rings. The van der Waals surface area contributed by atoms with Gasteiger partial charge >= 0.3 is 0 Å². The van der Waals surface area contributed by atoms with Crippen LogP contribution in [0.15, 0.2) is 18.2 Å². The Morgan fingerprint density at radius 3 is 2.43 bits per heavy atom. The van der Waals surface area contributed by atoms with Gasteiger partial charge in [-0.05, 0) is 38.5 Å². The van der Waals surface area contributed by atoms with Gasteiger partial charge in [-0.1, -0.05) is 17.7 Å². The van der Waals surface area contributed by atoms with E-state index in [4.69, 9.17) is 11.6 Å². The summed E-state index contributed by atoms with van der Waals surface area (Å²) in [5.41, 5.74) is 2.34. The van der Waals surface area contributed by atoms with Gasteiger partial charge in [0.05, 0.1) is 5.69 Å². The van der Waals surface area contributed by atoms with Crippen LogP contribution in [0.4, 0.5) is 20.3 Å². The molecule has 0 fully saturated rings. The van der Waals surface area contributed by atoms with E-state index in [2.05, 4.69) is 10.4 Å². The van der Waals surface area contributed by atoms with Crippen molar-refractivity contribution in [2.24, 2.45) is 7.05 Å². The molecule has 1 aromatic carbocycles. The molecule has 0 saturated heterocycles. The number of nitrogens with one attached hydrogen (secondary N) is 1. The number of anilines is 2. The van der Waals surface area contributed by atoms with Crippen molar-refractivity contribution in [2.75, 3.05) is 5.32 Å². The smallest absolute Gasteiger partial charge is 0.151 e. The molecular weight excluding hydrogens is 296 g/mol. The lowest BCUT2D eigenvalue weighted by Crippen LogP contribution is -2.04. The van der Waals surface area contributed by atoms with Crippen LogP contribution >= 0.6 is 11.6 Å². The van der Waals surface area contributed by atoms with Gasteiger partial charge in [0.2, 0.25) is 0 Å². The van der Waals surface area contributed by atoms with Crippen LogP contribution in [0.1, 0.15) is 25.1 Å². The Hall–Kier alpha value is -1.88. The van der Waals surface area contributed by atoms with Crippen molar-refractivity contribution in [3.63, 3.8) is 0 Å². The fourth-order valence-corrected chi connectivity index (χ4v) is 2.39. The third-order valence-electron chi connectivity index (χ3n) is 3.30. The molecule has 0 bridgehead atoms. The lowest BCUT2D eigenvalue weighted by atomic mass is 10.1. The Morgan fingerprint density at radius 1 is 1.33 bits per heavy atom. The fraction of sp³-hybridized carbons (Fsp3) is 0.267. The lowest BCUT2D eigenvalue weighted by molar-refractivity contribution is 0.590. The second kappa shape index (κ2) is 5.85. The second-order valence-electron chi connectivity index (χ2n) is 4.77. The number of halogens is 3. The molecule has 3 nitrogen and oxygen atoms in total. The van der Waals surface area contributed by atoms with Crippen LogP contribution in [0.2, 0.25) is 5.02 Å². The highest BCUT2D eigenvalue weighted by Gasteiger charge is 2.18. The average molecular weight is 312 g/mol. The van der Waals surface area contributed by atoms with Gasteiger partial charge in [-0.15, -0.1) is 0 Å². The SMILES string of the molecule is C/C=C(/C)c1c(C)nn(C)c1Nc1c(F)cc(Cl)cc1F. The van der Waals surface area contributed by atoms with Crippen LogP contribution in [0.25, 0.3) is 5.57 Å². The number of nitrogens with zero attached hydrogens (tertiary/aromatic N) is 2. The van der Waals surface area contributed by atoms with Gasteiger partial charge in [-0.25, -0.2) is 8.78 Å². The average Bonchev–Trinajstić information content (AvgIpc) is 2.67. The Kier molecular flexibility index (Phi) is 4.32. The van der Waals surface area contributed by atoms with Gasteiger partial charge in [0.1, 0.15) is 11.5 Å². The van der Waals surface area contributed by atoms with Crippen LogP contribution in [0.3, 0.4) is 0 Å². The second-order valence-corrected chi connectivity index (χ2v) is 5.21. The van der Waals surface area contributed by atoms with Crippen molar-refractivity contribution in [1.29, 1.82) is 0 Å². The van der Waals surface area contributed by atoms with Crippen LogP contribution < -0.4 is 5.32 Å². The molecule has 1 aromatic heterocycles. The van der Waals surface area contributed by atoms with Crippen molar-refractivity contribution in [3.8, 4) is 0 Å². The van der Waals surface area contributed by atoms with E-state index >= 15 is 0 Å². The third kappa shape index (κ3) is 2.93. The fourth-order valence-electron chi connectivity index (χ4n) is 2.20. The Morgan fingerprint density at radius 2 is 1.90 bits per heavy atom. The lowest BCUT2D eigenvalue weighted by Gasteiger charge is -2.12. The van der Waals surface area contributed by atoms with Crippen molar-refractivity contribution < 1.29 is 8.78 Å². The molecule has 0 saturated carbocycles. The monoisotopic (exact) mass is 311 g/mol. The number of benzene rings is 1. The quantitative estimate of drug-likeness (QED) is 0.880. The van der Waals surface area contributed by atoms with E-state index in [1.54, 1.807) is 11.7 Å². The minimum Gasteiger partial charge on any atom is -0.335 e. The molecule has 0 amide bonds. The first kappa shape index (κ1) is 15.5. The number of hydrogen-bond donors (Lipinski definition) is 1. The summed E-state index contributed by atoms with van der Waals surface area (Å²) in [6.45, 7) is 5.67. The summed E-state index contributed by atoms with van der Waals surface area (Å²) in [6, 6.07) is 2.14. The summed E-state index contributed by atoms with van der Waals surface area (Å²) in [5, 5.41) is 7.10. The predicted molar refractivity (Wildman–Crippen MR) is 81.9 cm³/mol. The molecule has 1 N–H and O–H groups in total. The standard InChI is InChI=1S/C15H16ClF2N3/c1-5-8(2)13-9(3)20-21(4)15(13)19-14-11(17)6-10(16)7-12(14)18/h5-7,19H,1-4H3/b8-5-. The van der Waals surface area contributed by atoms with E-state index in [9.17, 15) is 8.78 Å². The molecule has 6 heteroatoms. The first-order chi connectivity index (χ1) is 9.85. The minimum absolute atomic E-state index is 0.0154. The summed E-state index contributed by atoms with van der Waals surface area (Å²) < 4.78 is 29.4. The van der Waals surface area contributed by atoms with Gasteiger partial charge in [0, 0.05) is 17.6 Å². The predicted octanol–water partition coefficient (Wildman–Crippen LogP) is 4.83. The molecular formula is C15H16ClF2N3. The number of aryl methyl sites for hydroxylation is 2. The summed E-state index contributed by atoms with van der Waals surface area (Å²) in [6.07, 6.45) is 1.92. The van der Waals surface area contributed by atoms with E-state index in [1.165, 1.54) is 0 Å². The summed E-state index contributed by atoms with van der Waals surface area (Å²) in [5.74, 6) is -0.964. The first-order valence-corrected chi connectivity index (χ1v) is 6.81. The Bertz CT molecular complexity index is 697. The van der Waals surface area contributed by atoms with E-state index in [1.807, 2.05) is 26.8 Å². The van der Waals surface area contributed by atoms with E-state index in [-0.39, 0.29) is 10.7 Å². The molecule has 0 aliphatic heterocycles. The van der Waals surface area contributed by atoms with Crippen molar-refractivity contribution >= 4 is 28.7 Å². The van der Waals surface area contributed by atoms with Crippen LogP contribution in [-0.4, -0.2) is 9.78 Å². The zero-order valence-corrected chi connectivity index (χ0v) is 13.0. The summed E-state index contributed by atoms with van der Waals surface area (Å²) in [7, 11) is 1.72. The van der Waals surface area contributed by atoms with Crippen LogP contribution in [0, 0.1) is 18.6 Å². The van der Waals surface area contributed by atoms with Gasteiger partial charge in [0.15, 0.2) is 11.6 Å². The highest BCUT2D eigenvalue weighted by Crippen LogP contribution is 2.32. The zero-order chi connectivity index (χ0) is 15.7. The van der Waals surface area contributed by atoms with Gasteiger partial charge in [0.25, 0.3) is 0 Å². The molecule has 0 atom stereocenters. The van der Waals surface area contributed by atoms with Crippen LogP contribution in [-0.2, 0) is 7.05 Å². The third-order valence-corrected chi connectivity index (χ3v) is 3.52. The maximum atomic E-state index is 13.9. The number of rotatable bonds is 3. The first-order valence-electron chi connectivity index (χ1n) is 6.43. The molecule has 0 aliphatic rings. The molecule has 0 radical (unpaired) electrons. The largest absolute Gasteiger partial charge is 0.335 e. The minimum atomic E-state index is -0.747. The molecule has 0 spiro atoms.